The van der Waals surface area contributed by atoms with Crippen LogP contribution >= 0.6 is 0 Å². The van der Waals surface area contributed by atoms with Gasteiger partial charge in [0.25, 0.3) is 15.9 Å². The van der Waals surface area contributed by atoms with Gasteiger partial charge in [-0.3, -0.25) is 9.52 Å². The molecule has 1 fully saturated rings. The molecule has 1 saturated heterocycles. The molecule has 0 bridgehead atoms. The first-order chi connectivity index (χ1) is 13.3. The van der Waals surface area contributed by atoms with Gasteiger partial charge in [-0.05, 0) is 68.5 Å². The molecule has 3 rings (SSSR count). The maximum Gasteiger partial charge on any atom is 0.262 e. The monoisotopic (exact) mass is 402 g/mol. The summed E-state index contributed by atoms with van der Waals surface area (Å²) in [5, 5.41) is 2.83. The van der Waals surface area contributed by atoms with Gasteiger partial charge < -0.3 is 10.1 Å². The normalized spacial score (nSPS) is 16.8. The van der Waals surface area contributed by atoms with E-state index in [4.69, 9.17) is 4.74 Å². The lowest BCUT2D eigenvalue weighted by atomic mass is 10.1. The van der Waals surface area contributed by atoms with Crippen LogP contribution in [0.1, 0.15) is 39.9 Å². The smallest absolute Gasteiger partial charge is 0.262 e. The maximum absolute atomic E-state index is 13.0. The molecule has 0 spiro atoms. The Morgan fingerprint density at radius 3 is 2.64 bits per heavy atom. The molecule has 0 saturated carbocycles. The molecule has 0 aromatic heterocycles. The van der Waals surface area contributed by atoms with E-state index >= 15 is 0 Å². The number of hydrogen-bond donors (Lipinski definition) is 2. The summed E-state index contributed by atoms with van der Waals surface area (Å²) >= 11 is 0. The molecule has 1 amide bonds. The minimum Gasteiger partial charge on any atom is -0.376 e. The van der Waals surface area contributed by atoms with Gasteiger partial charge in [0.2, 0.25) is 0 Å². The van der Waals surface area contributed by atoms with Crippen molar-refractivity contribution >= 4 is 21.6 Å². The van der Waals surface area contributed by atoms with Crippen molar-refractivity contribution in [3.8, 4) is 0 Å². The van der Waals surface area contributed by atoms with Crippen LogP contribution in [0.4, 0.5) is 5.69 Å². The lowest BCUT2D eigenvalue weighted by Crippen LogP contribution is -2.32. The molecule has 0 aliphatic carbocycles. The highest BCUT2D eigenvalue weighted by Crippen LogP contribution is 2.24. The number of ether oxygens (including phenoxy) is 1. The van der Waals surface area contributed by atoms with E-state index in [1.807, 2.05) is 26.0 Å². The SMILES string of the molecule is Cc1ccc(C(=O)NC[C@@H]2CCCO2)cc1S(=O)(=O)Nc1cccc(C)c1C. The first-order valence-corrected chi connectivity index (χ1v) is 10.9. The van der Waals surface area contributed by atoms with Gasteiger partial charge in [-0.25, -0.2) is 8.42 Å². The number of hydrogen-bond acceptors (Lipinski definition) is 4. The predicted octanol–water partition coefficient (Wildman–Crippen LogP) is 3.32. The number of carbonyl (C=O) groups excluding carboxylic acids is 1. The van der Waals surface area contributed by atoms with E-state index in [1.165, 1.54) is 6.07 Å². The van der Waals surface area contributed by atoms with Gasteiger partial charge in [0.15, 0.2) is 0 Å². The van der Waals surface area contributed by atoms with Gasteiger partial charge in [0.05, 0.1) is 16.7 Å². The lowest BCUT2D eigenvalue weighted by molar-refractivity contribution is 0.0857. The van der Waals surface area contributed by atoms with Crippen molar-refractivity contribution < 1.29 is 17.9 Å². The zero-order valence-electron chi connectivity index (χ0n) is 16.4. The molecule has 2 N–H and O–H groups in total. The van der Waals surface area contributed by atoms with Crippen LogP contribution in [0.25, 0.3) is 0 Å². The van der Waals surface area contributed by atoms with Gasteiger partial charge in [-0.1, -0.05) is 18.2 Å². The summed E-state index contributed by atoms with van der Waals surface area (Å²) in [5.74, 6) is -0.307. The molecule has 150 valence electrons. The summed E-state index contributed by atoms with van der Waals surface area (Å²) < 4.78 is 34.1. The summed E-state index contributed by atoms with van der Waals surface area (Å²) in [6, 6.07) is 10.2. The van der Waals surface area contributed by atoms with Crippen LogP contribution in [-0.4, -0.2) is 33.6 Å². The molecule has 2 aromatic rings. The summed E-state index contributed by atoms with van der Waals surface area (Å²) in [6.45, 7) is 6.66. The van der Waals surface area contributed by atoms with Crippen LogP contribution in [0.5, 0.6) is 0 Å². The van der Waals surface area contributed by atoms with Crippen molar-refractivity contribution in [3.63, 3.8) is 0 Å². The van der Waals surface area contributed by atoms with Gasteiger partial charge in [-0.2, -0.15) is 0 Å². The zero-order chi connectivity index (χ0) is 20.3. The van der Waals surface area contributed by atoms with Crippen molar-refractivity contribution in [2.45, 2.75) is 44.6 Å². The number of nitrogens with one attached hydrogen (secondary N) is 2. The molecule has 1 aliphatic rings. The van der Waals surface area contributed by atoms with E-state index in [0.29, 0.717) is 23.4 Å². The Hall–Kier alpha value is -2.38. The zero-order valence-corrected chi connectivity index (χ0v) is 17.2. The van der Waals surface area contributed by atoms with Crippen molar-refractivity contribution in [2.24, 2.45) is 0 Å². The third-order valence-corrected chi connectivity index (χ3v) is 6.61. The summed E-state index contributed by atoms with van der Waals surface area (Å²) in [4.78, 5) is 12.6. The van der Waals surface area contributed by atoms with Gasteiger partial charge >= 0.3 is 0 Å². The second-order valence-corrected chi connectivity index (χ2v) is 8.83. The highest BCUT2D eigenvalue weighted by molar-refractivity contribution is 7.92. The molecule has 1 aliphatic heterocycles. The average Bonchev–Trinajstić information content (AvgIpc) is 3.17. The van der Waals surface area contributed by atoms with Crippen LogP contribution in [0.15, 0.2) is 41.3 Å². The molecule has 2 aromatic carbocycles. The Kier molecular flexibility index (Phi) is 6.05. The fourth-order valence-corrected chi connectivity index (χ4v) is 4.60. The van der Waals surface area contributed by atoms with Crippen LogP contribution < -0.4 is 10.0 Å². The molecule has 28 heavy (non-hydrogen) atoms. The number of anilines is 1. The predicted molar refractivity (Wildman–Crippen MR) is 109 cm³/mol. The summed E-state index contributed by atoms with van der Waals surface area (Å²) in [7, 11) is -3.82. The third kappa shape index (κ3) is 4.54. The van der Waals surface area contributed by atoms with E-state index in [1.54, 1.807) is 25.1 Å². The quantitative estimate of drug-likeness (QED) is 0.776. The van der Waals surface area contributed by atoms with Gasteiger partial charge in [0.1, 0.15) is 0 Å². The number of benzene rings is 2. The molecule has 0 radical (unpaired) electrons. The van der Waals surface area contributed by atoms with Crippen LogP contribution in [-0.2, 0) is 14.8 Å². The molecule has 6 nitrogen and oxygen atoms in total. The highest BCUT2D eigenvalue weighted by atomic mass is 32.2. The standard InChI is InChI=1S/C21H26N2O4S/c1-14-6-4-8-19(16(14)3)23-28(25,26)20-12-17(10-9-15(20)2)21(24)22-13-18-7-5-11-27-18/h4,6,8-10,12,18,23H,5,7,11,13H2,1-3H3,(H,22,24)/t18-/m0/s1. The summed E-state index contributed by atoms with van der Waals surface area (Å²) in [5.41, 5.74) is 3.29. The number of rotatable bonds is 6. The second kappa shape index (κ2) is 8.32. The third-order valence-electron chi connectivity index (χ3n) is 5.10. The van der Waals surface area contributed by atoms with Crippen molar-refractivity contribution in [1.29, 1.82) is 0 Å². The average molecular weight is 403 g/mol. The Balaban J connectivity index is 1.81. The van der Waals surface area contributed by atoms with Crippen molar-refractivity contribution in [3.05, 3.63) is 58.7 Å². The first-order valence-electron chi connectivity index (χ1n) is 9.37. The minimum absolute atomic E-state index is 0.0311. The number of aryl methyl sites for hydroxylation is 2. The van der Waals surface area contributed by atoms with Gasteiger partial charge in [-0.15, -0.1) is 0 Å². The van der Waals surface area contributed by atoms with E-state index in [9.17, 15) is 13.2 Å². The van der Waals surface area contributed by atoms with Crippen LogP contribution in [0, 0.1) is 20.8 Å². The molecule has 0 unspecified atom stereocenters. The topological polar surface area (TPSA) is 84.5 Å². The Morgan fingerprint density at radius 1 is 1.14 bits per heavy atom. The molecule has 1 heterocycles. The Morgan fingerprint density at radius 2 is 1.93 bits per heavy atom. The molecule has 7 heteroatoms. The maximum atomic E-state index is 13.0. The number of carbonyl (C=O) groups is 1. The largest absolute Gasteiger partial charge is 0.376 e. The Labute approximate surface area is 166 Å². The van der Waals surface area contributed by atoms with Crippen LogP contribution in [0.3, 0.4) is 0 Å². The first kappa shape index (κ1) is 20.4. The minimum atomic E-state index is -3.82. The second-order valence-electron chi connectivity index (χ2n) is 7.18. The number of sulfonamides is 1. The Bertz CT molecular complexity index is 980. The van der Waals surface area contributed by atoms with E-state index in [2.05, 4.69) is 10.0 Å². The highest BCUT2D eigenvalue weighted by Gasteiger charge is 2.21. The fraction of sp³-hybridized carbons (Fsp3) is 0.381. The van der Waals surface area contributed by atoms with Crippen LogP contribution in [0.2, 0.25) is 0 Å². The molecule has 1 atom stereocenters. The van der Waals surface area contributed by atoms with Gasteiger partial charge in [0, 0.05) is 18.7 Å². The molecular formula is C21H26N2O4S. The number of amides is 1. The van der Waals surface area contributed by atoms with E-state index in [0.717, 1.165) is 30.6 Å². The molecular weight excluding hydrogens is 376 g/mol. The summed E-state index contributed by atoms with van der Waals surface area (Å²) in [6.07, 6.45) is 1.95. The van der Waals surface area contributed by atoms with E-state index in [-0.39, 0.29) is 16.9 Å². The van der Waals surface area contributed by atoms with Crippen molar-refractivity contribution in [2.75, 3.05) is 17.9 Å². The fourth-order valence-electron chi connectivity index (χ4n) is 3.21. The van der Waals surface area contributed by atoms with Crippen molar-refractivity contribution in [1.82, 2.24) is 5.32 Å². The van der Waals surface area contributed by atoms with E-state index < -0.39 is 10.0 Å². The lowest BCUT2D eigenvalue weighted by Gasteiger charge is -2.15.